The second kappa shape index (κ2) is 5.51. The normalized spacial score (nSPS) is 12.1. The molecule has 1 heterocycles. The van der Waals surface area contributed by atoms with Gasteiger partial charge in [-0.25, -0.2) is 13.4 Å². The Morgan fingerprint density at radius 3 is 2.60 bits per heavy atom. The van der Waals surface area contributed by atoms with Crippen molar-refractivity contribution in [1.29, 1.82) is 0 Å². The van der Waals surface area contributed by atoms with Crippen LogP contribution in [-0.2, 0) is 16.6 Å². The predicted molar refractivity (Wildman–Crippen MR) is 76.0 cm³/mol. The van der Waals surface area contributed by atoms with Gasteiger partial charge in [-0.05, 0) is 31.5 Å². The average Bonchev–Trinajstić information content (AvgIpc) is 2.74. The zero-order valence-electron chi connectivity index (χ0n) is 11.4. The highest BCUT2D eigenvalue weighted by molar-refractivity contribution is 7.89. The van der Waals surface area contributed by atoms with Crippen molar-refractivity contribution < 1.29 is 8.42 Å². The minimum atomic E-state index is -3.67. The number of nitrogens with one attached hydrogen (secondary N) is 1. The first-order valence-corrected chi connectivity index (χ1v) is 7.73. The number of aryl methyl sites for hydroxylation is 2. The molecule has 0 radical (unpaired) electrons. The second-order valence-corrected chi connectivity index (χ2v) is 6.95. The van der Waals surface area contributed by atoms with E-state index < -0.39 is 10.0 Å². The number of benzene rings is 1. The van der Waals surface area contributed by atoms with Crippen molar-refractivity contribution in [2.45, 2.75) is 25.3 Å². The van der Waals surface area contributed by atoms with E-state index in [0.29, 0.717) is 11.6 Å². The Morgan fingerprint density at radius 1 is 1.35 bits per heavy atom. The molecule has 2 rings (SSSR count). The van der Waals surface area contributed by atoms with E-state index in [4.69, 9.17) is 11.6 Å². The number of hydrogen-bond acceptors (Lipinski definition) is 4. The van der Waals surface area contributed by atoms with E-state index in [1.165, 1.54) is 17.4 Å². The summed E-state index contributed by atoms with van der Waals surface area (Å²) in [4.78, 5) is 4.17. The summed E-state index contributed by atoms with van der Waals surface area (Å²) in [5.41, 5.74) is 0.904. The highest BCUT2D eigenvalue weighted by Gasteiger charge is 2.24. The summed E-state index contributed by atoms with van der Waals surface area (Å²) < 4.78 is 26.1. The van der Waals surface area contributed by atoms with Crippen LogP contribution in [0.15, 0.2) is 23.1 Å². The lowest BCUT2D eigenvalue weighted by molar-refractivity contribution is 0.457. The lowest BCUT2D eigenvalue weighted by Crippen LogP contribution is -2.27. The molecule has 0 aliphatic heterocycles. The van der Waals surface area contributed by atoms with Crippen molar-refractivity contribution in [3.8, 4) is 0 Å². The van der Waals surface area contributed by atoms with Gasteiger partial charge in [-0.15, -0.1) is 0 Å². The van der Waals surface area contributed by atoms with Crippen molar-refractivity contribution in [3.63, 3.8) is 0 Å². The maximum atomic E-state index is 12.5. The second-order valence-electron chi connectivity index (χ2n) is 4.53. The predicted octanol–water partition coefficient (Wildman–Crippen LogP) is 1.90. The van der Waals surface area contributed by atoms with Crippen LogP contribution in [0.5, 0.6) is 0 Å². The third-order valence-electron chi connectivity index (χ3n) is 2.78. The maximum Gasteiger partial charge on any atom is 0.244 e. The Kier molecular flexibility index (Phi) is 4.12. The molecule has 0 amide bonds. The van der Waals surface area contributed by atoms with Crippen LogP contribution in [0.2, 0.25) is 5.02 Å². The van der Waals surface area contributed by atoms with Crippen LogP contribution in [0, 0.1) is 13.8 Å². The third kappa shape index (κ3) is 3.00. The zero-order valence-corrected chi connectivity index (χ0v) is 13.0. The summed E-state index contributed by atoms with van der Waals surface area (Å²) in [5, 5.41) is 6.81. The smallest absolute Gasteiger partial charge is 0.244 e. The molecule has 2 aromatic rings. The SMILES string of the molecule is Cc1ccc(S(=O)(=O)N(C)Cc2n[nH]c(C)n2)c(Cl)c1. The van der Waals surface area contributed by atoms with Crippen LogP contribution in [0.4, 0.5) is 0 Å². The number of H-pyrrole nitrogens is 1. The molecule has 1 N–H and O–H groups in total. The number of halogens is 1. The first-order chi connectivity index (χ1) is 9.30. The molecule has 0 aliphatic rings. The molecule has 0 fully saturated rings. The molecule has 8 heteroatoms. The van der Waals surface area contributed by atoms with Gasteiger partial charge in [0.15, 0.2) is 5.82 Å². The largest absolute Gasteiger partial charge is 0.263 e. The van der Waals surface area contributed by atoms with Crippen molar-refractivity contribution in [2.24, 2.45) is 0 Å². The summed E-state index contributed by atoms with van der Waals surface area (Å²) in [5.74, 6) is 1.05. The van der Waals surface area contributed by atoms with Crippen LogP contribution < -0.4 is 0 Å². The molecule has 0 atom stereocenters. The number of nitrogens with zero attached hydrogens (tertiary/aromatic N) is 3. The first-order valence-electron chi connectivity index (χ1n) is 5.91. The van der Waals surface area contributed by atoms with Crippen LogP contribution in [0.3, 0.4) is 0 Å². The van der Waals surface area contributed by atoms with Gasteiger partial charge in [0.1, 0.15) is 10.7 Å². The van der Waals surface area contributed by atoms with Crippen molar-refractivity contribution in [1.82, 2.24) is 19.5 Å². The van der Waals surface area contributed by atoms with Crippen molar-refractivity contribution in [2.75, 3.05) is 7.05 Å². The zero-order chi connectivity index (χ0) is 14.9. The molecule has 20 heavy (non-hydrogen) atoms. The fraction of sp³-hybridized carbons (Fsp3) is 0.333. The van der Waals surface area contributed by atoms with E-state index >= 15 is 0 Å². The van der Waals surface area contributed by atoms with Gasteiger partial charge in [-0.2, -0.15) is 9.40 Å². The molecule has 108 valence electrons. The lowest BCUT2D eigenvalue weighted by Gasteiger charge is -2.16. The van der Waals surface area contributed by atoms with E-state index in [1.807, 2.05) is 6.92 Å². The molecule has 0 unspecified atom stereocenters. The summed E-state index contributed by atoms with van der Waals surface area (Å²) in [6, 6.07) is 4.84. The topological polar surface area (TPSA) is 79.0 Å². The van der Waals surface area contributed by atoms with Gasteiger partial charge in [0.25, 0.3) is 0 Å². The van der Waals surface area contributed by atoms with Crippen LogP contribution in [0.1, 0.15) is 17.2 Å². The Bertz CT molecular complexity index is 727. The fourth-order valence-electron chi connectivity index (χ4n) is 1.73. The minimum absolute atomic E-state index is 0.0802. The molecular weight excluding hydrogens is 300 g/mol. The maximum absolute atomic E-state index is 12.5. The molecule has 0 aliphatic carbocycles. The fourth-order valence-corrected chi connectivity index (χ4v) is 3.42. The summed E-state index contributed by atoms with van der Waals surface area (Å²) in [6.07, 6.45) is 0. The van der Waals surface area contributed by atoms with Crippen LogP contribution >= 0.6 is 11.6 Å². The van der Waals surface area contributed by atoms with Crippen molar-refractivity contribution in [3.05, 3.63) is 40.4 Å². The van der Waals surface area contributed by atoms with Gasteiger partial charge in [0, 0.05) is 7.05 Å². The number of rotatable bonds is 4. The summed E-state index contributed by atoms with van der Waals surface area (Å²) in [7, 11) is -2.20. The lowest BCUT2D eigenvalue weighted by atomic mass is 10.2. The number of sulfonamides is 1. The van der Waals surface area contributed by atoms with E-state index in [9.17, 15) is 8.42 Å². The Hall–Kier alpha value is -1.44. The number of aromatic amines is 1. The molecular formula is C12H15ClN4O2S. The number of hydrogen-bond donors (Lipinski definition) is 1. The van der Waals surface area contributed by atoms with E-state index in [2.05, 4.69) is 15.2 Å². The van der Waals surface area contributed by atoms with Crippen LogP contribution in [0.25, 0.3) is 0 Å². The van der Waals surface area contributed by atoms with E-state index in [1.54, 1.807) is 19.1 Å². The Morgan fingerprint density at radius 2 is 2.05 bits per heavy atom. The van der Waals surface area contributed by atoms with Gasteiger partial charge in [-0.3, -0.25) is 5.10 Å². The Balaban J connectivity index is 2.29. The molecule has 0 spiro atoms. The summed E-state index contributed by atoms with van der Waals surface area (Å²) in [6.45, 7) is 3.68. The van der Waals surface area contributed by atoms with Gasteiger partial charge < -0.3 is 0 Å². The van der Waals surface area contributed by atoms with Gasteiger partial charge in [0.05, 0.1) is 11.6 Å². The Labute approximate surface area is 122 Å². The molecule has 0 bridgehead atoms. The molecule has 0 saturated heterocycles. The quantitative estimate of drug-likeness (QED) is 0.934. The van der Waals surface area contributed by atoms with E-state index in [0.717, 1.165) is 5.56 Å². The van der Waals surface area contributed by atoms with Gasteiger partial charge >= 0.3 is 0 Å². The van der Waals surface area contributed by atoms with Crippen molar-refractivity contribution >= 4 is 21.6 Å². The molecule has 6 nitrogen and oxygen atoms in total. The molecule has 0 saturated carbocycles. The van der Waals surface area contributed by atoms with E-state index in [-0.39, 0.29) is 16.5 Å². The average molecular weight is 315 g/mol. The monoisotopic (exact) mass is 314 g/mol. The third-order valence-corrected chi connectivity index (χ3v) is 5.07. The van der Waals surface area contributed by atoms with Crippen LogP contribution in [-0.4, -0.2) is 35.0 Å². The first kappa shape index (κ1) is 15.0. The number of aromatic nitrogens is 3. The minimum Gasteiger partial charge on any atom is -0.263 e. The summed E-state index contributed by atoms with van der Waals surface area (Å²) >= 11 is 6.02. The van der Waals surface area contributed by atoms with Gasteiger partial charge in [0.2, 0.25) is 10.0 Å². The molecule has 1 aromatic heterocycles. The highest BCUT2D eigenvalue weighted by atomic mass is 35.5. The van der Waals surface area contributed by atoms with Gasteiger partial charge in [-0.1, -0.05) is 17.7 Å². The molecule has 1 aromatic carbocycles. The highest BCUT2D eigenvalue weighted by Crippen LogP contribution is 2.25. The standard InChI is InChI=1S/C12H15ClN4O2S/c1-8-4-5-11(10(13)6-8)20(18,19)17(3)7-12-14-9(2)15-16-12/h4-6H,7H2,1-3H3,(H,14,15,16).